The van der Waals surface area contributed by atoms with Crippen molar-refractivity contribution in [2.45, 2.75) is 31.9 Å². The number of allylic oxidation sites excluding steroid dienone is 1. The van der Waals surface area contributed by atoms with Crippen LogP contribution in [0.3, 0.4) is 0 Å². The molecule has 0 aromatic rings. The average Bonchev–Trinajstić information content (AvgIpc) is 2.13. The fraction of sp³-hybridized carbons (Fsp3) is 0.700. The standard InChI is InChI=1S/C10H16O3S/c1-7-5-10(3,9(11)13-4)14(12)6-8(7)2/h5-6H2,1-4H3/t10-,14+/m1/s1. The van der Waals surface area contributed by atoms with Crippen molar-refractivity contribution >= 4 is 16.8 Å². The van der Waals surface area contributed by atoms with Crippen molar-refractivity contribution in [2.24, 2.45) is 0 Å². The number of hydrogen-bond acceptors (Lipinski definition) is 3. The van der Waals surface area contributed by atoms with Crippen molar-refractivity contribution < 1.29 is 13.7 Å². The van der Waals surface area contributed by atoms with Crippen molar-refractivity contribution in [2.75, 3.05) is 12.9 Å². The summed E-state index contributed by atoms with van der Waals surface area (Å²) in [5.74, 6) is 0.111. The Morgan fingerprint density at radius 1 is 1.43 bits per heavy atom. The molecule has 0 fully saturated rings. The van der Waals surface area contributed by atoms with Gasteiger partial charge >= 0.3 is 5.97 Å². The highest BCUT2D eigenvalue weighted by molar-refractivity contribution is 7.87. The van der Waals surface area contributed by atoms with Crippen LogP contribution in [0.5, 0.6) is 0 Å². The van der Waals surface area contributed by atoms with E-state index in [2.05, 4.69) is 0 Å². The smallest absolute Gasteiger partial charge is 0.324 e. The van der Waals surface area contributed by atoms with E-state index >= 15 is 0 Å². The minimum atomic E-state index is -1.16. The highest BCUT2D eigenvalue weighted by Gasteiger charge is 2.43. The first-order valence-corrected chi connectivity index (χ1v) is 5.86. The molecule has 0 aliphatic carbocycles. The number of carbonyl (C=O) groups is 1. The predicted octanol–water partition coefficient (Wildman–Crippen LogP) is 1.41. The van der Waals surface area contributed by atoms with E-state index in [0.717, 1.165) is 11.1 Å². The number of rotatable bonds is 1. The SMILES string of the molecule is COC(=O)[C@@]1(C)CC(C)=C(C)C[S@@]1=O. The quantitative estimate of drug-likeness (QED) is 0.491. The van der Waals surface area contributed by atoms with Gasteiger partial charge in [0.2, 0.25) is 0 Å². The van der Waals surface area contributed by atoms with Gasteiger partial charge in [-0.15, -0.1) is 0 Å². The largest absolute Gasteiger partial charge is 0.468 e. The van der Waals surface area contributed by atoms with Crippen LogP contribution in [0.15, 0.2) is 11.1 Å². The topological polar surface area (TPSA) is 43.4 Å². The molecule has 0 aromatic heterocycles. The molecular formula is C10H16O3S. The second-order valence-corrected chi connectivity index (χ2v) is 5.83. The molecule has 0 saturated heterocycles. The lowest BCUT2D eigenvalue weighted by Crippen LogP contribution is -2.44. The van der Waals surface area contributed by atoms with Crippen LogP contribution in [0, 0.1) is 0 Å². The van der Waals surface area contributed by atoms with Gasteiger partial charge in [0.25, 0.3) is 0 Å². The van der Waals surface area contributed by atoms with Crippen molar-refractivity contribution in [3.63, 3.8) is 0 Å². The highest BCUT2D eigenvalue weighted by Crippen LogP contribution is 2.32. The monoisotopic (exact) mass is 216 g/mol. The van der Waals surface area contributed by atoms with Gasteiger partial charge in [-0.1, -0.05) is 11.1 Å². The predicted molar refractivity (Wildman–Crippen MR) is 56.4 cm³/mol. The summed E-state index contributed by atoms with van der Waals surface area (Å²) in [6.07, 6.45) is 0.540. The molecule has 0 saturated carbocycles. The van der Waals surface area contributed by atoms with Gasteiger partial charge in [-0.25, -0.2) is 0 Å². The minimum Gasteiger partial charge on any atom is -0.468 e. The zero-order chi connectivity index (χ0) is 10.9. The maximum Gasteiger partial charge on any atom is 0.324 e. The van der Waals surface area contributed by atoms with Crippen molar-refractivity contribution in [3.05, 3.63) is 11.1 Å². The molecule has 0 spiro atoms. The Hall–Kier alpha value is -0.640. The first-order valence-electron chi connectivity index (χ1n) is 4.54. The second kappa shape index (κ2) is 3.85. The maximum absolute atomic E-state index is 11.8. The zero-order valence-corrected chi connectivity index (χ0v) is 9.86. The van der Waals surface area contributed by atoms with Crippen LogP contribution in [0.2, 0.25) is 0 Å². The number of ether oxygens (including phenoxy) is 1. The van der Waals surface area contributed by atoms with E-state index in [1.807, 2.05) is 13.8 Å². The first kappa shape index (κ1) is 11.4. The third kappa shape index (κ3) is 1.75. The maximum atomic E-state index is 11.8. The number of carbonyl (C=O) groups excluding carboxylic acids is 1. The minimum absolute atomic E-state index is 0.373. The van der Waals surface area contributed by atoms with Gasteiger partial charge in [-0.3, -0.25) is 9.00 Å². The molecule has 0 amide bonds. The fourth-order valence-corrected chi connectivity index (χ4v) is 3.20. The molecule has 80 valence electrons. The summed E-state index contributed by atoms with van der Waals surface area (Å²) in [6, 6.07) is 0. The van der Waals surface area contributed by atoms with E-state index in [-0.39, 0.29) is 5.97 Å². The molecule has 14 heavy (non-hydrogen) atoms. The molecule has 0 bridgehead atoms. The average molecular weight is 216 g/mol. The van der Waals surface area contributed by atoms with Crippen LogP contribution in [0.4, 0.5) is 0 Å². The third-order valence-electron chi connectivity index (χ3n) is 2.80. The Labute approximate surface area is 87.0 Å². The van der Waals surface area contributed by atoms with Crippen LogP contribution in [0.25, 0.3) is 0 Å². The Kier molecular flexibility index (Phi) is 3.14. The van der Waals surface area contributed by atoms with E-state index in [4.69, 9.17) is 4.74 Å². The van der Waals surface area contributed by atoms with E-state index < -0.39 is 15.5 Å². The van der Waals surface area contributed by atoms with E-state index in [0.29, 0.717) is 12.2 Å². The van der Waals surface area contributed by atoms with Crippen molar-refractivity contribution in [1.29, 1.82) is 0 Å². The summed E-state index contributed by atoms with van der Waals surface area (Å²) in [4.78, 5) is 11.5. The number of esters is 1. The summed E-state index contributed by atoms with van der Waals surface area (Å²) < 4.78 is 15.7. The molecule has 1 heterocycles. The number of methoxy groups -OCH3 is 1. The van der Waals surface area contributed by atoms with E-state index in [1.165, 1.54) is 7.11 Å². The van der Waals surface area contributed by atoms with Crippen LogP contribution in [-0.2, 0) is 20.3 Å². The van der Waals surface area contributed by atoms with Gasteiger partial charge < -0.3 is 4.74 Å². The van der Waals surface area contributed by atoms with Crippen molar-refractivity contribution in [1.82, 2.24) is 0 Å². The number of hydrogen-bond donors (Lipinski definition) is 0. The van der Waals surface area contributed by atoms with E-state index in [1.54, 1.807) is 6.92 Å². The molecule has 0 N–H and O–H groups in total. The molecule has 1 aliphatic heterocycles. The third-order valence-corrected chi connectivity index (χ3v) is 4.81. The van der Waals surface area contributed by atoms with Crippen LogP contribution in [0.1, 0.15) is 27.2 Å². The van der Waals surface area contributed by atoms with Crippen LogP contribution in [-0.4, -0.2) is 27.8 Å². The first-order chi connectivity index (χ1) is 6.41. The van der Waals surface area contributed by atoms with Crippen molar-refractivity contribution in [3.8, 4) is 0 Å². The fourth-order valence-electron chi connectivity index (χ4n) is 1.60. The Morgan fingerprint density at radius 2 is 2.00 bits per heavy atom. The highest BCUT2D eigenvalue weighted by atomic mass is 32.2. The van der Waals surface area contributed by atoms with E-state index in [9.17, 15) is 9.00 Å². The molecule has 0 unspecified atom stereocenters. The molecule has 0 aromatic carbocycles. The van der Waals surface area contributed by atoms with Gasteiger partial charge in [0.15, 0.2) is 0 Å². The lowest BCUT2D eigenvalue weighted by molar-refractivity contribution is -0.143. The van der Waals surface area contributed by atoms with Gasteiger partial charge in [0.05, 0.1) is 7.11 Å². The summed E-state index contributed by atoms with van der Waals surface area (Å²) in [7, 11) is 0.182. The molecule has 1 aliphatic rings. The lowest BCUT2D eigenvalue weighted by Gasteiger charge is -2.31. The lowest BCUT2D eigenvalue weighted by atomic mass is 9.98. The molecular weight excluding hydrogens is 200 g/mol. The Morgan fingerprint density at radius 3 is 2.50 bits per heavy atom. The van der Waals surface area contributed by atoms with Crippen LogP contribution < -0.4 is 0 Å². The summed E-state index contributed by atoms with van der Waals surface area (Å²) in [6.45, 7) is 5.65. The zero-order valence-electron chi connectivity index (χ0n) is 9.05. The Balaban J connectivity index is 3.03. The van der Waals surface area contributed by atoms with Gasteiger partial charge in [-0.2, -0.15) is 0 Å². The molecule has 0 radical (unpaired) electrons. The molecule has 4 heteroatoms. The molecule has 3 nitrogen and oxygen atoms in total. The summed E-state index contributed by atoms with van der Waals surface area (Å²) in [5.41, 5.74) is 2.28. The normalized spacial score (nSPS) is 33.0. The summed E-state index contributed by atoms with van der Waals surface area (Å²) >= 11 is 0. The molecule has 2 atom stereocenters. The Bertz CT molecular complexity index is 319. The van der Waals surface area contributed by atoms with Crippen LogP contribution >= 0.6 is 0 Å². The summed E-state index contributed by atoms with van der Waals surface area (Å²) in [5, 5.41) is 0. The van der Waals surface area contributed by atoms with Gasteiger partial charge in [0, 0.05) is 16.6 Å². The van der Waals surface area contributed by atoms with Gasteiger partial charge in [-0.05, 0) is 27.2 Å². The van der Waals surface area contributed by atoms with Gasteiger partial charge in [0.1, 0.15) is 4.75 Å². The molecule has 1 rings (SSSR count). The second-order valence-electron chi connectivity index (χ2n) is 3.95.